The van der Waals surface area contributed by atoms with Gasteiger partial charge in [-0.3, -0.25) is 14.4 Å². The number of amides is 2. The maximum absolute atomic E-state index is 11.0. The molecule has 2 amide bonds. The van der Waals surface area contributed by atoms with Gasteiger partial charge in [0.1, 0.15) is 12.0 Å². The minimum atomic E-state index is -1.24. The van der Waals surface area contributed by atoms with Crippen LogP contribution in [0.15, 0.2) is 0 Å². The van der Waals surface area contributed by atoms with E-state index in [9.17, 15) is 14.4 Å². The SMILES string of the molecule is CC(NC(=O)C(C)C(=O)O)C(N)=O. The zero-order valence-corrected chi connectivity index (χ0v) is 7.40. The molecule has 0 aliphatic heterocycles. The van der Waals surface area contributed by atoms with E-state index in [2.05, 4.69) is 5.32 Å². The number of hydrogen-bond donors (Lipinski definition) is 3. The van der Waals surface area contributed by atoms with Crippen molar-refractivity contribution >= 4 is 17.8 Å². The highest BCUT2D eigenvalue weighted by Gasteiger charge is 2.22. The Morgan fingerprint density at radius 1 is 1.31 bits per heavy atom. The summed E-state index contributed by atoms with van der Waals surface area (Å²) in [5.41, 5.74) is 4.86. The molecule has 0 bridgehead atoms. The molecular formula is C7H12N2O4. The molecule has 13 heavy (non-hydrogen) atoms. The fraction of sp³-hybridized carbons (Fsp3) is 0.571. The summed E-state index contributed by atoms with van der Waals surface area (Å²) in [5.74, 6) is -3.85. The standard InChI is InChI=1S/C7H12N2O4/c1-3(7(12)13)6(11)9-4(2)5(8)10/h3-4H,1-2H3,(H2,8,10)(H,9,11)(H,12,13). The molecular weight excluding hydrogens is 176 g/mol. The van der Waals surface area contributed by atoms with Crippen molar-refractivity contribution in [2.75, 3.05) is 0 Å². The number of rotatable bonds is 4. The quantitative estimate of drug-likeness (QED) is 0.476. The van der Waals surface area contributed by atoms with Gasteiger partial charge in [-0.2, -0.15) is 0 Å². The first kappa shape index (κ1) is 11.4. The van der Waals surface area contributed by atoms with Crippen molar-refractivity contribution in [2.45, 2.75) is 19.9 Å². The van der Waals surface area contributed by atoms with Crippen LogP contribution < -0.4 is 11.1 Å². The summed E-state index contributed by atoms with van der Waals surface area (Å²) in [5, 5.41) is 10.6. The summed E-state index contributed by atoms with van der Waals surface area (Å²) in [6.45, 7) is 2.61. The van der Waals surface area contributed by atoms with Crippen LogP contribution in [-0.4, -0.2) is 28.9 Å². The Kier molecular flexibility index (Phi) is 3.90. The second-order valence-electron chi connectivity index (χ2n) is 2.69. The average molecular weight is 188 g/mol. The number of nitrogens with two attached hydrogens (primary N) is 1. The van der Waals surface area contributed by atoms with Gasteiger partial charge in [0.15, 0.2) is 0 Å². The molecule has 2 atom stereocenters. The molecule has 74 valence electrons. The van der Waals surface area contributed by atoms with Gasteiger partial charge in [0.2, 0.25) is 11.8 Å². The number of aliphatic carboxylic acids is 1. The lowest BCUT2D eigenvalue weighted by Gasteiger charge is -2.11. The fourth-order valence-corrected chi connectivity index (χ4v) is 0.522. The lowest BCUT2D eigenvalue weighted by molar-refractivity contribution is -0.146. The lowest BCUT2D eigenvalue weighted by atomic mass is 10.1. The van der Waals surface area contributed by atoms with Crippen molar-refractivity contribution in [1.29, 1.82) is 0 Å². The van der Waals surface area contributed by atoms with E-state index in [0.29, 0.717) is 0 Å². The highest BCUT2D eigenvalue weighted by atomic mass is 16.4. The van der Waals surface area contributed by atoms with Gasteiger partial charge in [-0.1, -0.05) is 0 Å². The van der Waals surface area contributed by atoms with E-state index in [0.717, 1.165) is 0 Å². The molecule has 4 N–H and O–H groups in total. The minimum absolute atomic E-state index is 0.703. The first-order valence-electron chi connectivity index (χ1n) is 3.68. The average Bonchev–Trinajstić information content (AvgIpc) is 2.02. The maximum atomic E-state index is 11.0. The Hall–Kier alpha value is -1.59. The van der Waals surface area contributed by atoms with Gasteiger partial charge in [-0.15, -0.1) is 0 Å². The van der Waals surface area contributed by atoms with E-state index in [1.165, 1.54) is 13.8 Å². The molecule has 0 rings (SSSR count). The molecule has 0 aromatic carbocycles. The van der Waals surface area contributed by atoms with Crippen LogP contribution in [-0.2, 0) is 14.4 Å². The van der Waals surface area contributed by atoms with E-state index in [-0.39, 0.29) is 0 Å². The summed E-state index contributed by atoms with van der Waals surface area (Å²) < 4.78 is 0. The van der Waals surface area contributed by atoms with Crippen LogP contribution in [0.5, 0.6) is 0 Å². The predicted octanol–water partition coefficient (Wildman–Crippen LogP) is -1.30. The smallest absolute Gasteiger partial charge is 0.315 e. The number of nitrogens with one attached hydrogen (secondary N) is 1. The van der Waals surface area contributed by atoms with Gasteiger partial charge < -0.3 is 16.2 Å². The van der Waals surface area contributed by atoms with Gasteiger partial charge in [0.05, 0.1) is 0 Å². The van der Waals surface area contributed by atoms with E-state index in [1.807, 2.05) is 0 Å². The number of carbonyl (C=O) groups is 3. The van der Waals surface area contributed by atoms with Crippen molar-refractivity contribution in [3.8, 4) is 0 Å². The van der Waals surface area contributed by atoms with Gasteiger partial charge in [-0.05, 0) is 13.8 Å². The third-order valence-corrected chi connectivity index (χ3v) is 1.55. The fourth-order valence-electron chi connectivity index (χ4n) is 0.522. The molecule has 0 aliphatic rings. The van der Waals surface area contributed by atoms with Gasteiger partial charge in [0.25, 0.3) is 0 Å². The van der Waals surface area contributed by atoms with Crippen LogP contribution in [0.25, 0.3) is 0 Å². The first-order valence-corrected chi connectivity index (χ1v) is 3.68. The maximum Gasteiger partial charge on any atom is 0.315 e. The molecule has 0 spiro atoms. The predicted molar refractivity (Wildman–Crippen MR) is 43.6 cm³/mol. The topological polar surface area (TPSA) is 109 Å². The molecule has 6 heteroatoms. The van der Waals surface area contributed by atoms with Crippen LogP contribution in [0, 0.1) is 5.92 Å². The molecule has 0 heterocycles. The Labute approximate surface area is 75.1 Å². The van der Waals surface area contributed by atoms with Crippen LogP contribution in [0.3, 0.4) is 0 Å². The largest absolute Gasteiger partial charge is 0.481 e. The molecule has 0 aliphatic carbocycles. The van der Waals surface area contributed by atoms with E-state index in [4.69, 9.17) is 10.8 Å². The summed E-state index contributed by atoms with van der Waals surface area (Å²) in [6, 6.07) is -0.853. The number of carbonyl (C=O) groups excluding carboxylic acids is 2. The van der Waals surface area contributed by atoms with Crippen molar-refractivity contribution in [3.05, 3.63) is 0 Å². The molecule has 6 nitrogen and oxygen atoms in total. The summed E-state index contributed by atoms with van der Waals surface area (Å²) in [7, 11) is 0. The number of carboxylic acid groups (broad SMARTS) is 1. The van der Waals surface area contributed by atoms with Gasteiger partial charge >= 0.3 is 5.97 Å². The third kappa shape index (κ3) is 3.55. The molecule has 0 saturated heterocycles. The van der Waals surface area contributed by atoms with Crippen molar-refractivity contribution in [2.24, 2.45) is 11.7 Å². The van der Waals surface area contributed by atoms with E-state index in [1.54, 1.807) is 0 Å². The lowest BCUT2D eigenvalue weighted by Crippen LogP contribution is -2.45. The summed E-state index contributed by atoms with van der Waals surface area (Å²) in [6.07, 6.45) is 0. The number of primary amides is 1. The van der Waals surface area contributed by atoms with Gasteiger partial charge in [0, 0.05) is 0 Å². The molecule has 0 aromatic heterocycles. The number of hydrogen-bond acceptors (Lipinski definition) is 3. The second-order valence-corrected chi connectivity index (χ2v) is 2.69. The Morgan fingerprint density at radius 3 is 2.08 bits per heavy atom. The molecule has 2 unspecified atom stereocenters. The first-order chi connectivity index (χ1) is 5.86. The van der Waals surface area contributed by atoms with Crippen LogP contribution in [0.4, 0.5) is 0 Å². The van der Waals surface area contributed by atoms with E-state index < -0.39 is 29.7 Å². The zero-order chi connectivity index (χ0) is 10.6. The third-order valence-electron chi connectivity index (χ3n) is 1.55. The van der Waals surface area contributed by atoms with E-state index >= 15 is 0 Å². The minimum Gasteiger partial charge on any atom is -0.481 e. The molecule has 0 aromatic rings. The van der Waals surface area contributed by atoms with Crippen molar-refractivity contribution < 1.29 is 19.5 Å². The second kappa shape index (κ2) is 4.44. The van der Waals surface area contributed by atoms with Crippen LogP contribution in [0.1, 0.15) is 13.8 Å². The Balaban J connectivity index is 4.15. The van der Waals surface area contributed by atoms with Crippen LogP contribution >= 0.6 is 0 Å². The normalized spacial score (nSPS) is 14.3. The molecule has 0 saturated carbocycles. The monoisotopic (exact) mass is 188 g/mol. The highest BCUT2D eigenvalue weighted by Crippen LogP contribution is 1.95. The molecule has 0 radical (unpaired) electrons. The van der Waals surface area contributed by atoms with Gasteiger partial charge in [-0.25, -0.2) is 0 Å². The molecule has 0 fully saturated rings. The van der Waals surface area contributed by atoms with Crippen molar-refractivity contribution in [1.82, 2.24) is 5.32 Å². The Morgan fingerprint density at radius 2 is 1.77 bits per heavy atom. The number of carboxylic acids is 1. The van der Waals surface area contributed by atoms with Crippen LogP contribution in [0.2, 0.25) is 0 Å². The Bertz CT molecular complexity index is 239. The highest BCUT2D eigenvalue weighted by molar-refractivity contribution is 5.98. The van der Waals surface area contributed by atoms with Crippen molar-refractivity contribution in [3.63, 3.8) is 0 Å². The zero-order valence-electron chi connectivity index (χ0n) is 7.40. The summed E-state index contributed by atoms with van der Waals surface area (Å²) in [4.78, 5) is 31.8. The summed E-state index contributed by atoms with van der Waals surface area (Å²) >= 11 is 0.